The van der Waals surface area contributed by atoms with E-state index in [0.29, 0.717) is 11.8 Å². The van der Waals surface area contributed by atoms with Crippen LogP contribution in [0.1, 0.15) is 29.3 Å². The third-order valence-corrected chi connectivity index (χ3v) is 5.28. The first kappa shape index (κ1) is 12.7. The molecule has 4 rings (SSSR count). The number of aryl methyl sites for hydroxylation is 1. The summed E-state index contributed by atoms with van der Waals surface area (Å²) in [6, 6.07) is 14.4. The molecular formula is C18H17NOS. The zero-order chi connectivity index (χ0) is 14.2. The van der Waals surface area contributed by atoms with E-state index in [1.807, 2.05) is 29.5 Å². The first-order valence-corrected chi connectivity index (χ1v) is 8.24. The van der Waals surface area contributed by atoms with Crippen molar-refractivity contribution in [1.29, 1.82) is 0 Å². The van der Waals surface area contributed by atoms with Crippen molar-refractivity contribution in [1.82, 2.24) is 0 Å². The Hall–Kier alpha value is -2.00. The number of hydrogen-bond acceptors (Lipinski definition) is 3. The zero-order valence-corrected chi connectivity index (χ0v) is 12.5. The van der Waals surface area contributed by atoms with Gasteiger partial charge >= 0.3 is 0 Å². The summed E-state index contributed by atoms with van der Waals surface area (Å²) in [6.45, 7) is 0. The summed E-state index contributed by atoms with van der Waals surface area (Å²) >= 11 is 1.87. The van der Waals surface area contributed by atoms with Gasteiger partial charge in [-0.15, -0.1) is 11.3 Å². The zero-order valence-electron chi connectivity index (χ0n) is 11.7. The summed E-state index contributed by atoms with van der Waals surface area (Å²) in [7, 11) is 0. The molecule has 1 aliphatic carbocycles. The maximum absolute atomic E-state index is 10.0. The predicted molar refractivity (Wildman–Crippen MR) is 89.2 cm³/mol. The molecule has 0 aliphatic heterocycles. The lowest BCUT2D eigenvalue weighted by atomic mass is 9.93. The molecule has 0 saturated carbocycles. The first-order chi connectivity index (χ1) is 10.3. The van der Waals surface area contributed by atoms with Crippen LogP contribution in [0.15, 0.2) is 47.8 Å². The largest absolute Gasteiger partial charge is 0.507 e. The van der Waals surface area contributed by atoms with E-state index in [4.69, 9.17) is 0 Å². The molecule has 3 heteroatoms. The third-order valence-electron chi connectivity index (χ3n) is 4.28. The van der Waals surface area contributed by atoms with Crippen molar-refractivity contribution in [3.05, 3.63) is 58.3 Å². The van der Waals surface area contributed by atoms with E-state index in [-0.39, 0.29) is 0 Å². The number of nitrogens with one attached hydrogen (secondary N) is 1. The second-order valence-electron chi connectivity index (χ2n) is 5.57. The van der Waals surface area contributed by atoms with E-state index in [1.54, 1.807) is 6.07 Å². The van der Waals surface area contributed by atoms with E-state index < -0.39 is 0 Å². The van der Waals surface area contributed by atoms with E-state index in [9.17, 15) is 5.11 Å². The van der Waals surface area contributed by atoms with E-state index in [0.717, 1.165) is 16.5 Å². The maximum atomic E-state index is 10.0. The van der Waals surface area contributed by atoms with Crippen LogP contribution in [0.25, 0.3) is 10.8 Å². The molecule has 1 atom stereocenters. The molecule has 0 spiro atoms. The number of anilines is 1. The molecule has 0 bridgehead atoms. The topological polar surface area (TPSA) is 32.3 Å². The molecule has 1 unspecified atom stereocenters. The average Bonchev–Trinajstić information content (AvgIpc) is 2.98. The van der Waals surface area contributed by atoms with Crippen molar-refractivity contribution in [2.75, 3.05) is 5.32 Å². The number of hydrogen-bond donors (Lipinski definition) is 2. The number of rotatable bonds is 2. The van der Waals surface area contributed by atoms with Crippen LogP contribution in [-0.2, 0) is 6.42 Å². The minimum Gasteiger partial charge on any atom is -0.507 e. The molecule has 2 nitrogen and oxygen atoms in total. The normalized spacial score (nSPS) is 17.6. The Bertz CT molecular complexity index is 793. The summed E-state index contributed by atoms with van der Waals surface area (Å²) in [5.74, 6) is 0.344. The van der Waals surface area contributed by atoms with Crippen molar-refractivity contribution in [3.63, 3.8) is 0 Å². The van der Waals surface area contributed by atoms with Gasteiger partial charge in [-0.2, -0.15) is 0 Å². The number of fused-ring (bicyclic) bond motifs is 2. The molecule has 2 aromatic carbocycles. The molecule has 0 amide bonds. The number of aromatic hydroxyl groups is 1. The molecule has 1 aliphatic rings. The molecule has 3 aromatic rings. The van der Waals surface area contributed by atoms with Crippen molar-refractivity contribution < 1.29 is 5.11 Å². The lowest BCUT2D eigenvalue weighted by molar-refractivity contribution is 0.481. The molecule has 1 heterocycles. The minimum absolute atomic E-state index is 0.344. The summed E-state index contributed by atoms with van der Waals surface area (Å²) in [5, 5.41) is 17.9. The molecule has 1 aromatic heterocycles. The van der Waals surface area contributed by atoms with Gasteiger partial charge in [-0.05, 0) is 48.4 Å². The fourth-order valence-electron chi connectivity index (χ4n) is 3.24. The van der Waals surface area contributed by atoms with Crippen molar-refractivity contribution in [2.24, 2.45) is 0 Å². The van der Waals surface area contributed by atoms with Gasteiger partial charge in [0.05, 0.1) is 6.04 Å². The Kier molecular flexibility index (Phi) is 3.08. The molecule has 0 saturated heterocycles. The highest BCUT2D eigenvalue weighted by atomic mass is 32.1. The monoisotopic (exact) mass is 295 g/mol. The van der Waals surface area contributed by atoms with Gasteiger partial charge in [0, 0.05) is 21.3 Å². The summed E-state index contributed by atoms with van der Waals surface area (Å²) in [5.41, 5.74) is 2.55. The third kappa shape index (κ3) is 2.18. The van der Waals surface area contributed by atoms with Gasteiger partial charge < -0.3 is 10.4 Å². The van der Waals surface area contributed by atoms with Crippen LogP contribution in [0.5, 0.6) is 5.75 Å². The van der Waals surface area contributed by atoms with Crippen LogP contribution in [0.4, 0.5) is 5.69 Å². The number of phenolic OH excluding ortho intramolecular Hbond substituents is 1. The second-order valence-corrected chi connectivity index (χ2v) is 6.57. The molecule has 21 heavy (non-hydrogen) atoms. The Morgan fingerprint density at radius 3 is 2.86 bits per heavy atom. The van der Waals surface area contributed by atoms with Gasteiger partial charge in [0.2, 0.25) is 0 Å². The van der Waals surface area contributed by atoms with Gasteiger partial charge in [0.1, 0.15) is 5.75 Å². The van der Waals surface area contributed by atoms with Gasteiger partial charge in [-0.25, -0.2) is 0 Å². The Morgan fingerprint density at radius 1 is 1.05 bits per heavy atom. The SMILES string of the molecule is Oc1cccc2c(NC3CCCc4sccc43)cccc12. The van der Waals surface area contributed by atoms with Gasteiger partial charge in [-0.1, -0.05) is 24.3 Å². The average molecular weight is 295 g/mol. The van der Waals surface area contributed by atoms with E-state index >= 15 is 0 Å². The van der Waals surface area contributed by atoms with Crippen LogP contribution in [-0.4, -0.2) is 5.11 Å². The highest BCUT2D eigenvalue weighted by Crippen LogP contribution is 2.37. The van der Waals surface area contributed by atoms with Gasteiger partial charge in [0.15, 0.2) is 0 Å². The number of benzene rings is 2. The van der Waals surface area contributed by atoms with Crippen LogP contribution in [0.3, 0.4) is 0 Å². The Morgan fingerprint density at radius 2 is 1.90 bits per heavy atom. The molecule has 2 N–H and O–H groups in total. The van der Waals surface area contributed by atoms with Crippen LogP contribution >= 0.6 is 11.3 Å². The second kappa shape index (κ2) is 5.08. The van der Waals surface area contributed by atoms with Crippen LogP contribution in [0.2, 0.25) is 0 Å². The predicted octanol–water partition coefficient (Wildman–Crippen LogP) is 5.10. The number of phenols is 1. The summed E-state index contributed by atoms with van der Waals surface area (Å²) in [6.07, 6.45) is 3.61. The standard InChI is InChI=1S/C18H17NOS/c20-17-8-2-4-12-13(17)5-1-6-15(12)19-16-7-3-9-18-14(16)10-11-21-18/h1-2,4-6,8,10-11,16,19-20H,3,7,9H2. The molecule has 106 valence electrons. The first-order valence-electron chi connectivity index (χ1n) is 7.36. The smallest absolute Gasteiger partial charge is 0.123 e. The van der Waals surface area contributed by atoms with Gasteiger partial charge in [-0.3, -0.25) is 0 Å². The fourth-order valence-corrected chi connectivity index (χ4v) is 4.23. The molecule has 0 fully saturated rings. The lowest BCUT2D eigenvalue weighted by Crippen LogP contribution is -2.15. The quantitative estimate of drug-likeness (QED) is 0.689. The van der Waals surface area contributed by atoms with Crippen molar-refractivity contribution in [3.8, 4) is 5.75 Å². The van der Waals surface area contributed by atoms with Crippen molar-refractivity contribution in [2.45, 2.75) is 25.3 Å². The maximum Gasteiger partial charge on any atom is 0.123 e. The van der Waals surface area contributed by atoms with Crippen LogP contribution in [0, 0.1) is 0 Å². The Labute approximate surface area is 128 Å². The lowest BCUT2D eigenvalue weighted by Gasteiger charge is -2.25. The molecule has 0 radical (unpaired) electrons. The number of thiophene rings is 1. The van der Waals surface area contributed by atoms with Crippen LogP contribution < -0.4 is 5.32 Å². The minimum atomic E-state index is 0.344. The van der Waals surface area contributed by atoms with Crippen molar-refractivity contribution >= 4 is 27.8 Å². The highest BCUT2D eigenvalue weighted by molar-refractivity contribution is 7.10. The summed E-state index contributed by atoms with van der Waals surface area (Å²) in [4.78, 5) is 1.52. The highest BCUT2D eigenvalue weighted by Gasteiger charge is 2.21. The van der Waals surface area contributed by atoms with E-state index in [2.05, 4.69) is 28.9 Å². The van der Waals surface area contributed by atoms with E-state index in [1.165, 1.54) is 29.7 Å². The summed E-state index contributed by atoms with van der Waals surface area (Å²) < 4.78 is 0. The Balaban J connectivity index is 1.75. The molecular weight excluding hydrogens is 278 g/mol. The van der Waals surface area contributed by atoms with Gasteiger partial charge in [0.25, 0.3) is 0 Å². The fraction of sp³-hybridized carbons (Fsp3) is 0.222.